The summed E-state index contributed by atoms with van der Waals surface area (Å²) in [6, 6.07) is 31.3. The van der Waals surface area contributed by atoms with Crippen molar-refractivity contribution in [2.24, 2.45) is 5.41 Å². The lowest BCUT2D eigenvalue weighted by atomic mass is 9.68. The third-order valence-electron chi connectivity index (χ3n) is 9.82. The highest BCUT2D eigenvalue weighted by atomic mass is 16.5. The predicted octanol–water partition coefficient (Wildman–Crippen LogP) is 5.95. The maximum atomic E-state index is 13.6. The molecule has 6 nitrogen and oxygen atoms in total. The Morgan fingerprint density at radius 2 is 0.932 bits per heavy atom. The third-order valence-corrected chi connectivity index (χ3v) is 9.82. The van der Waals surface area contributed by atoms with Crippen LogP contribution >= 0.6 is 0 Å². The molecule has 0 saturated heterocycles. The van der Waals surface area contributed by atoms with Crippen LogP contribution in [0.2, 0.25) is 0 Å². The van der Waals surface area contributed by atoms with Crippen molar-refractivity contribution in [2.75, 3.05) is 14.2 Å². The van der Waals surface area contributed by atoms with Gasteiger partial charge in [0.15, 0.2) is 5.41 Å². The van der Waals surface area contributed by atoms with E-state index in [0.29, 0.717) is 12.8 Å². The van der Waals surface area contributed by atoms with E-state index in [0.717, 1.165) is 50.9 Å². The molecule has 0 radical (unpaired) electrons. The van der Waals surface area contributed by atoms with Gasteiger partial charge in [-0.3, -0.25) is 9.59 Å². The maximum absolute atomic E-state index is 13.6. The fourth-order valence-electron chi connectivity index (χ4n) is 7.60. The molecule has 4 aromatic rings. The smallest absolute Gasteiger partial charge is 0.323 e. The monoisotopic (exact) mass is 590 g/mol. The highest BCUT2D eigenvalue weighted by Crippen LogP contribution is 2.48. The molecule has 0 saturated carbocycles. The molecule has 2 N–H and O–H groups in total. The highest BCUT2D eigenvalue weighted by molar-refractivity contribution is 6.00. The standard InChI is InChI=1S/C38H38O6/c1-43-34(39)36(35(40)44-2,22-23-38(42)32-18-9-5-14-28(32)25-29-15-6-10-19-33(29)38)20-11-21-37(41)30-16-7-3-12-26(30)24-27-13-4-8-17-31(27)37/h3-10,12-19,41-42H,11,20-25H2,1-2H3. The Kier molecular flexibility index (Phi) is 7.91. The van der Waals surface area contributed by atoms with E-state index in [4.69, 9.17) is 9.47 Å². The molecule has 0 aliphatic heterocycles. The average molecular weight is 591 g/mol. The first-order valence-electron chi connectivity index (χ1n) is 15.2. The van der Waals surface area contributed by atoms with Crippen molar-refractivity contribution < 1.29 is 29.3 Å². The van der Waals surface area contributed by atoms with Crippen molar-refractivity contribution in [3.8, 4) is 0 Å². The van der Waals surface area contributed by atoms with Crippen LogP contribution in [0.4, 0.5) is 0 Å². The van der Waals surface area contributed by atoms with Gasteiger partial charge in [0.05, 0.1) is 14.2 Å². The van der Waals surface area contributed by atoms with E-state index in [2.05, 4.69) is 0 Å². The second-order valence-electron chi connectivity index (χ2n) is 12.1. The van der Waals surface area contributed by atoms with Gasteiger partial charge in [0, 0.05) is 0 Å². The first-order valence-corrected chi connectivity index (χ1v) is 15.2. The van der Waals surface area contributed by atoms with E-state index >= 15 is 0 Å². The number of aliphatic hydroxyl groups is 2. The molecule has 2 aliphatic carbocycles. The summed E-state index contributed by atoms with van der Waals surface area (Å²) in [4.78, 5) is 27.2. The Morgan fingerprint density at radius 3 is 1.30 bits per heavy atom. The minimum absolute atomic E-state index is 0.00286. The molecule has 44 heavy (non-hydrogen) atoms. The average Bonchev–Trinajstić information content (AvgIpc) is 3.06. The number of methoxy groups -OCH3 is 2. The Morgan fingerprint density at radius 1 is 0.591 bits per heavy atom. The quantitative estimate of drug-likeness (QED) is 0.185. The number of carbonyl (C=O) groups is 2. The summed E-state index contributed by atoms with van der Waals surface area (Å²) < 4.78 is 10.5. The molecule has 0 unspecified atom stereocenters. The van der Waals surface area contributed by atoms with Gasteiger partial charge in [-0.05, 0) is 89.5 Å². The Hall–Kier alpha value is -4.26. The van der Waals surface area contributed by atoms with Gasteiger partial charge >= 0.3 is 11.9 Å². The number of hydrogen-bond donors (Lipinski definition) is 2. The zero-order valence-corrected chi connectivity index (χ0v) is 25.2. The van der Waals surface area contributed by atoms with E-state index in [1.54, 1.807) is 0 Å². The molecule has 0 bridgehead atoms. The predicted molar refractivity (Wildman–Crippen MR) is 167 cm³/mol. The lowest BCUT2D eigenvalue weighted by molar-refractivity contribution is -0.171. The fourth-order valence-corrected chi connectivity index (χ4v) is 7.60. The van der Waals surface area contributed by atoms with Crippen LogP contribution in [0.1, 0.15) is 76.6 Å². The summed E-state index contributed by atoms with van der Waals surface area (Å²) in [7, 11) is 2.53. The number of carbonyl (C=O) groups excluding carboxylic acids is 2. The molecular weight excluding hydrogens is 552 g/mol. The summed E-state index contributed by atoms with van der Waals surface area (Å²) in [5.74, 6) is -1.41. The summed E-state index contributed by atoms with van der Waals surface area (Å²) in [5, 5.41) is 24.7. The largest absolute Gasteiger partial charge is 0.468 e. The molecule has 6 heteroatoms. The van der Waals surface area contributed by atoms with Gasteiger partial charge in [0.25, 0.3) is 0 Å². The molecule has 0 aromatic heterocycles. The first kappa shape index (κ1) is 29.8. The van der Waals surface area contributed by atoms with Gasteiger partial charge in [-0.25, -0.2) is 0 Å². The Labute approximate surface area is 258 Å². The van der Waals surface area contributed by atoms with Gasteiger partial charge in [-0.15, -0.1) is 0 Å². The van der Waals surface area contributed by atoms with Crippen molar-refractivity contribution in [1.29, 1.82) is 0 Å². The van der Waals surface area contributed by atoms with Crippen LogP contribution < -0.4 is 0 Å². The molecule has 0 fully saturated rings. The minimum atomic E-state index is -1.68. The van der Waals surface area contributed by atoms with Gasteiger partial charge in [-0.2, -0.15) is 0 Å². The molecule has 2 aliphatic rings. The zero-order valence-electron chi connectivity index (χ0n) is 25.2. The lowest BCUT2D eigenvalue weighted by Gasteiger charge is -2.40. The van der Waals surface area contributed by atoms with Crippen LogP contribution in [0.25, 0.3) is 0 Å². The van der Waals surface area contributed by atoms with Crippen LogP contribution in [-0.2, 0) is 43.1 Å². The number of esters is 2. The van der Waals surface area contributed by atoms with Gasteiger partial charge in [-0.1, -0.05) is 97.1 Å². The summed E-state index contributed by atoms with van der Waals surface area (Å²) in [6.45, 7) is 0. The van der Waals surface area contributed by atoms with Crippen molar-refractivity contribution in [1.82, 2.24) is 0 Å². The van der Waals surface area contributed by atoms with Gasteiger partial charge < -0.3 is 19.7 Å². The van der Waals surface area contributed by atoms with E-state index in [9.17, 15) is 19.8 Å². The van der Waals surface area contributed by atoms with Gasteiger partial charge in [0.2, 0.25) is 0 Å². The second kappa shape index (κ2) is 11.7. The number of benzene rings is 4. The summed E-state index contributed by atoms with van der Waals surface area (Å²) >= 11 is 0. The first-order chi connectivity index (χ1) is 21.3. The van der Waals surface area contributed by atoms with E-state index in [1.807, 2.05) is 97.1 Å². The molecule has 0 heterocycles. The number of ether oxygens (including phenoxy) is 2. The molecule has 0 spiro atoms. The minimum Gasteiger partial charge on any atom is -0.468 e. The van der Waals surface area contributed by atoms with Crippen LogP contribution in [0, 0.1) is 5.41 Å². The van der Waals surface area contributed by atoms with Crippen molar-refractivity contribution >= 4 is 11.9 Å². The molecular formula is C38H38O6. The number of hydrogen-bond acceptors (Lipinski definition) is 6. The van der Waals surface area contributed by atoms with Crippen molar-refractivity contribution in [3.63, 3.8) is 0 Å². The van der Waals surface area contributed by atoms with E-state index in [-0.39, 0.29) is 25.7 Å². The number of fused-ring (bicyclic) bond motifs is 4. The number of rotatable bonds is 9. The molecule has 226 valence electrons. The Bertz CT molecular complexity index is 1600. The van der Waals surface area contributed by atoms with Crippen LogP contribution in [0.15, 0.2) is 97.1 Å². The SMILES string of the molecule is COC(=O)C(CCCC1(O)c2ccccc2Cc2ccccc21)(CCC1(O)c2ccccc2Cc2ccccc21)C(=O)OC. The fraction of sp³-hybridized carbons (Fsp3) is 0.316. The lowest BCUT2D eigenvalue weighted by Crippen LogP contribution is -2.44. The molecule has 0 amide bonds. The van der Waals surface area contributed by atoms with Gasteiger partial charge in [0.1, 0.15) is 11.2 Å². The third kappa shape index (κ3) is 4.83. The second-order valence-corrected chi connectivity index (χ2v) is 12.1. The van der Waals surface area contributed by atoms with Crippen LogP contribution in [-0.4, -0.2) is 36.4 Å². The normalized spacial score (nSPS) is 15.6. The summed E-state index contributed by atoms with van der Waals surface area (Å²) in [5.41, 5.74) is 2.95. The Balaban J connectivity index is 1.34. The van der Waals surface area contributed by atoms with E-state index in [1.165, 1.54) is 14.2 Å². The molecule has 6 rings (SSSR count). The van der Waals surface area contributed by atoms with Crippen LogP contribution in [0.5, 0.6) is 0 Å². The molecule has 0 atom stereocenters. The van der Waals surface area contributed by atoms with E-state index < -0.39 is 28.6 Å². The van der Waals surface area contributed by atoms with Crippen molar-refractivity contribution in [3.05, 3.63) is 142 Å². The zero-order chi connectivity index (χ0) is 31.0. The van der Waals surface area contributed by atoms with Crippen molar-refractivity contribution in [2.45, 2.75) is 56.1 Å². The summed E-state index contributed by atoms with van der Waals surface area (Å²) in [6.07, 6.45) is 2.21. The maximum Gasteiger partial charge on any atom is 0.323 e. The highest BCUT2D eigenvalue weighted by Gasteiger charge is 2.51. The molecule has 4 aromatic carbocycles. The van der Waals surface area contributed by atoms with Crippen LogP contribution in [0.3, 0.4) is 0 Å². The topological polar surface area (TPSA) is 93.1 Å².